The summed E-state index contributed by atoms with van der Waals surface area (Å²) in [6, 6.07) is 3.15. The Labute approximate surface area is 133 Å². The number of nitrogens with one attached hydrogen (secondary N) is 2. The van der Waals surface area contributed by atoms with Crippen LogP contribution in [-0.4, -0.2) is 15.5 Å². The molecular weight excluding hydrogens is 294 g/mol. The summed E-state index contributed by atoms with van der Waals surface area (Å²) in [5.74, 6) is -0.457. The molecule has 120 valence electrons. The molecular formula is C17H19N3O3. The van der Waals surface area contributed by atoms with Crippen LogP contribution in [0.15, 0.2) is 27.9 Å². The molecule has 0 aromatic carbocycles. The number of carbonyl (C=O) groups is 1. The van der Waals surface area contributed by atoms with Crippen molar-refractivity contribution in [3.63, 3.8) is 0 Å². The topological polar surface area (TPSA) is 84.0 Å². The van der Waals surface area contributed by atoms with Gasteiger partial charge in [-0.1, -0.05) is 0 Å². The third-order valence-corrected chi connectivity index (χ3v) is 4.27. The van der Waals surface area contributed by atoms with Crippen LogP contribution < -0.4 is 16.4 Å². The van der Waals surface area contributed by atoms with Gasteiger partial charge in [0.25, 0.3) is 17.0 Å². The summed E-state index contributed by atoms with van der Waals surface area (Å²) >= 11 is 0. The molecule has 3 rings (SSSR count). The fourth-order valence-corrected chi connectivity index (χ4v) is 2.89. The van der Waals surface area contributed by atoms with Crippen molar-refractivity contribution < 1.29 is 4.79 Å². The van der Waals surface area contributed by atoms with E-state index < -0.39 is 5.91 Å². The third-order valence-electron chi connectivity index (χ3n) is 4.27. The molecule has 6 nitrogen and oxygen atoms in total. The minimum Gasteiger partial charge on any atom is -0.325 e. The molecule has 2 aromatic rings. The lowest BCUT2D eigenvalue weighted by Gasteiger charge is -2.16. The van der Waals surface area contributed by atoms with Crippen molar-refractivity contribution in [3.8, 4) is 0 Å². The van der Waals surface area contributed by atoms with Crippen LogP contribution >= 0.6 is 0 Å². The maximum absolute atomic E-state index is 12.5. The molecule has 2 aromatic heterocycles. The highest BCUT2D eigenvalue weighted by atomic mass is 16.2. The summed E-state index contributed by atoms with van der Waals surface area (Å²) < 4.78 is 1.39. The fourth-order valence-electron chi connectivity index (χ4n) is 2.89. The Morgan fingerprint density at radius 2 is 1.96 bits per heavy atom. The van der Waals surface area contributed by atoms with Gasteiger partial charge in [-0.25, -0.2) is 0 Å². The number of aromatic amines is 1. The molecule has 0 radical (unpaired) electrons. The standard InChI is InChI=1S/C17H19N3O3/c1-10-7-15(21)20(2)9-14(10)19-17(23)12-8-11-5-3-4-6-13(11)18-16(12)22/h7-9H,3-6H2,1-2H3,(H,18,22)(H,19,23). The summed E-state index contributed by atoms with van der Waals surface area (Å²) in [6.07, 6.45) is 5.42. The van der Waals surface area contributed by atoms with E-state index in [0.29, 0.717) is 11.3 Å². The van der Waals surface area contributed by atoms with E-state index in [-0.39, 0.29) is 16.7 Å². The number of fused-ring (bicyclic) bond motifs is 1. The molecule has 1 aliphatic carbocycles. The normalized spacial score (nSPS) is 13.5. The van der Waals surface area contributed by atoms with E-state index in [4.69, 9.17) is 0 Å². The van der Waals surface area contributed by atoms with Crippen LogP contribution in [0, 0.1) is 6.92 Å². The van der Waals surface area contributed by atoms with E-state index in [1.165, 1.54) is 10.6 Å². The van der Waals surface area contributed by atoms with Gasteiger partial charge >= 0.3 is 0 Å². The van der Waals surface area contributed by atoms with Crippen LogP contribution in [0.3, 0.4) is 0 Å². The van der Waals surface area contributed by atoms with Gasteiger partial charge < -0.3 is 14.9 Å². The monoisotopic (exact) mass is 313 g/mol. The van der Waals surface area contributed by atoms with Gasteiger partial charge in [-0.05, 0) is 49.8 Å². The van der Waals surface area contributed by atoms with E-state index in [2.05, 4.69) is 10.3 Å². The largest absolute Gasteiger partial charge is 0.325 e. The Morgan fingerprint density at radius 1 is 1.22 bits per heavy atom. The van der Waals surface area contributed by atoms with Crippen LogP contribution in [0.4, 0.5) is 5.69 Å². The number of rotatable bonds is 2. The SMILES string of the molecule is Cc1cc(=O)n(C)cc1NC(=O)c1cc2c([nH]c1=O)CCCC2. The number of aromatic nitrogens is 2. The lowest BCUT2D eigenvalue weighted by atomic mass is 9.95. The van der Waals surface area contributed by atoms with Crippen molar-refractivity contribution in [2.75, 3.05) is 5.32 Å². The zero-order valence-electron chi connectivity index (χ0n) is 13.2. The van der Waals surface area contributed by atoms with Crippen LogP contribution in [0.5, 0.6) is 0 Å². The Morgan fingerprint density at radius 3 is 2.74 bits per heavy atom. The van der Waals surface area contributed by atoms with Crippen LogP contribution in [0.25, 0.3) is 0 Å². The molecule has 2 heterocycles. The average molecular weight is 313 g/mol. The summed E-state index contributed by atoms with van der Waals surface area (Å²) in [5.41, 5.74) is 2.76. The molecule has 0 atom stereocenters. The van der Waals surface area contributed by atoms with Crippen molar-refractivity contribution in [1.82, 2.24) is 9.55 Å². The Kier molecular flexibility index (Phi) is 3.90. The molecule has 1 aliphatic rings. The molecule has 2 N–H and O–H groups in total. The number of anilines is 1. The number of hydrogen-bond donors (Lipinski definition) is 2. The molecule has 6 heteroatoms. The quantitative estimate of drug-likeness (QED) is 0.881. The number of nitrogens with zero attached hydrogens (tertiary/aromatic N) is 1. The van der Waals surface area contributed by atoms with E-state index in [1.54, 1.807) is 26.2 Å². The Bertz CT molecular complexity index is 893. The second-order valence-electron chi connectivity index (χ2n) is 6.00. The fraction of sp³-hybridized carbons (Fsp3) is 0.353. The molecule has 0 bridgehead atoms. The van der Waals surface area contributed by atoms with E-state index in [9.17, 15) is 14.4 Å². The number of pyridine rings is 2. The van der Waals surface area contributed by atoms with Gasteiger partial charge in [-0.2, -0.15) is 0 Å². The highest BCUT2D eigenvalue weighted by molar-refractivity contribution is 6.04. The van der Waals surface area contributed by atoms with Gasteiger partial charge in [0, 0.05) is 25.0 Å². The summed E-state index contributed by atoms with van der Waals surface area (Å²) in [5, 5.41) is 2.72. The molecule has 23 heavy (non-hydrogen) atoms. The second kappa shape index (κ2) is 5.87. The summed E-state index contributed by atoms with van der Waals surface area (Å²) in [6.45, 7) is 1.74. The van der Waals surface area contributed by atoms with E-state index in [0.717, 1.165) is 36.9 Å². The van der Waals surface area contributed by atoms with Crippen LogP contribution in [0.1, 0.15) is 40.0 Å². The van der Waals surface area contributed by atoms with Crippen molar-refractivity contribution in [2.45, 2.75) is 32.6 Å². The molecule has 0 fully saturated rings. The maximum Gasteiger partial charge on any atom is 0.261 e. The van der Waals surface area contributed by atoms with Gasteiger partial charge in [0.05, 0.1) is 5.69 Å². The zero-order chi connectivity index (χ0) is 16.6. The van der Waals surface area contributed by atoms with E-state index >= 15 is 0 Å². The number of amides is 1. The van der Waals surface area contributed by atoms with Gasteiger partial charge in [-0.15, -0.1) is 0 Å². The van der Waals surface area contributed by atoms with E-state index in [1.807, 2.05) is 0 Å². The highest BCUT2D eigenvalue weighted by Gasteiger charge is 2.17. The predicted octanol–water partition coefficient (Wildman–Crippen LogP) is 1.51. The Hall–Kier alpha value is -2.63. The first-order valence-corrected chi connectivity index (χ1v) is 7.69. The predicted molar refractivity (Wildman–Crippen MR) is 88.1 cm³/mol. The smallest absolute Gasteiger partial charge is 0.261 e. The summed E-state index contributed by atoms with van der Waals surface area (Å²) in [7, 11) is 1.61. The average Bonchev–Trinajstić information content (AvgIpc) is 2.51. The molecule has 0 unspecified atom stereocenters. The molecule has 0 spiro atoms. The number of aryl methyl sites for hydroxylation is 4. The molecule has 0 saturated heterocycles. The first-order valence-electron chi connectivity index (χ1n) is 7.69. The van der Waals surface area contributed by atoms with Gasteiger partial charge in [0.15, 0.2) is 0 Å². The Balaban J connectivity index is 1.94. The molecule has 0 aliphatic heterocycles. The molecule has 1 amide bonds. The van der Waals surface area contributed by atoms with Crippen molar-refractivity contribution in [3.05, 3.63) is 61.4 Å². The summed E-state index contributed by atoms with van der Waals surface area (Å²) in [4.78, 5) is 39.0. The van der Waals surface area contributed by atoms with Gasteiger partial charge in [-0.3, -0.25) is 14.4 Å². The zero-order valence-corrected chi connectivity index (χ0v) is 13.2. The number of H-pyrrole nitrogens is 1. The third kappa shape index (κ3) is 2.97. The first-order chi connectivity index (χ1) is 11.0. The number of hydrogen-bond acceptors (Lipinski definition) is 3. The van der Waals surface area contributed by atoms with Crippen molar-refractivity contribution >= 4 is 11.6 Å². The lowest BCUT2D eigenvalue weighted by Crippen LogP contribution is -2.27. The van der Waals surface area contributed by atoms with Crippen molar-refractivity contribution in [1.29, 1.82) is 0 Å². The molecule has 0 saturated carbocycles. The minimum atomic E-state index is -0.457. The highest BCUT2D eigenvalue weighted by Crippen LogP contribution is 2.19. The lowest BCUT2D eigenvalue weighted by molar-refractivity contribution is 0.102. The second-order valence-corrected chi connectivity index (χ2v) is 6.00. The van der Waals surface area contributed by atoms with Gasteiger partial charge in [0.2, 0.25) is 0 Å². The van der Waals surface area contributed by atoms with Gasteiger partial charge in [0.1, 0.15) is 5.56 Å². The van der Waals surface area contributed by atoms with Crippen LogP contribution in [0.2, 0.25) is 0 Å². The van der Waals surface area contributed by atoms with Crippen molar-refractivity contribution in [2.24, 2.45) is 7.05 Å². The minimum absolute atomic E-state index is 0.110. The first kappa shape index (κ1) is 15.3. The van der Waals surface area contributed by atoms with Crippen LogP contribution in [-0.2, 0) is 19.9 Å². The maximum atomic E-state index is 12.5. The number of carbonyl (C=O) groups excluding carboxylic acids is 1.